The van der Waals surface area contributed by atoms with Crippen LogP contribution in [0.5, 0.6) is 0 Å². The van der Waals surface area contributed by atoms with Crippen molar-refractivity contribution in [3.05, 3.63) is 42.0 Å². The second kappa shape index (κ2) is 5.86. The predicted octanol–water partition coefficient (Wildman–Crippen LogP) is 2.19. The summed E-state index contributed by atoms with van der Waals surface area (Å²) in [6.45, 7) is 0.140. The maximum absolute atomic E-state index is 12.8. The molecule has 1 amide bonds. The number of nitrogens with zero attached hydrogens (tertiary/aromatic N) is 1. The van der Waals surface area contributed by atoms with Gasteiger partial charge in [-0.15, -0.1) is 3.89 Å². The lowest BCUT2D eigenvalue weighted by molar-refractivity contribution is -0.117. The molecule has 8 heteroatoms. The molecule has 0 radical (unpaired) electrons. The fourth-order valence-electron chi connectivity index (χ4n) is 2.96. The second-order valence-electron chi connectivity index (χ2n) is 5.83. The third-order valence-corrected chi connectivity index (χ3v) is 4.89. The fourth-order valence-corrected chi connectivity index (χ4v) is 3.74. The smallest absolute Gasteiger partial charge is 0.335 e. The molecule has 0 saturated carbocycles. The molecule has 0 aromatic heterocycles. The van der Waals surface area contributed by atoms with Crippen molar-refractivity contribution in [1.82, 2.24) is 0 Å². The molecule has 1 N–H and O–H groups in total. The van der Waals surface area contributed by atoms with Crippen LogP contribution in [0.3, 0.4) is 0 Å². The first-order chi connectivity index (χ1) is 11.2. The Kier molecular flexibility index (Phi) is 4.00. The number of hydrogen-bond acceptors (Lipinski definition) is 4. The maximum atomic E-state index is 12.8. The number of rotatable bonds is 4. The molecule has 1 heterocycles. The van der Waals surface area contributed by atoms with Crippen molar-refractivity contribution in [1.29, 1.82) is 0 Å². The molecule has 3 rings (SSSR count). The van der Waals surface area contributed by atoms with Crippen LogP contribution in [-0.4, -0.2) is 37.7 Å². The molecule has 1 fully saturated rings. The zero-order chi connectivity index (χ0) is 17.5. The van der Waals surface area contributed by atoms with Crippen molar-refractivity contribution in [3.63, 3.8) is 0 Å². The fraction of sp³-hybridized carbons (Fsp3) is 0.250. The molecule has 2 aromatic rings. The summed E-state index contributed by atoms with van der Waals surface area (Å²) in [5.41, 5.74) is 0.745. The number of benzene rings is 2. The van der Waals surface area contributed by atoms with Gasteiger partial charge in [0.05, 0.1) is 11.3 Å². The van der Waals surface area contributed by atoms with Crippen molar-refractivity contribution in [2.45, 2.75) is 6.42 Å². The van der Waals surface area contributed by atoms with Crippen LogP contribution in [0.25, 0.3) is 10.8 Å². The third kappa shape index (κ3) is 3.38. The van der Waals surface area contributed by atoms with Gasteiger partial charge < -0.3 is 10.0 Å². The maximum Gasteiger partial charge on any atom is 0.335 e. The number of fused-ring (bicyclic) bond motifs is 1. The van der Waals surface area contributed by atoms with Crippen molar-refractivity contribution >= 4 is 38.6 Å². The highest BCUT2D eigenvalue weighted by molar-refractivity contribution is 7.86. The molecule has 1 unspecified atom stereocenters. The van der Waals surface area contributed by atoms with E-state index in [-0.39, 0.29) is 24.4 Å². The number of aromatic carboxylic acids is 1. The van der Waals surface area contributed by atoms with Gasteiger partial charge in [-0.3, -0.25) is 4.79 Å². The van der Waals surface area contributed by atoms with Crippen LogP contribution in [0.1, 0.15) is 16.8 Å². The number of carbonyl (C=O) groups is 2. The van der Waals surface area contributed by atoms with Gasteiger partial charge in [-0.05, 0) is 35.0 Å². The molecule has 0 aliphatic carbocycles. The monoisotopic (exact) mass is 351 g/mol. The summed E-state index contributed by atoms with van der Waals surface area (Å²) in [5, 5.41) is 10.5. The van der Waals surface area contributed by atoms with E-state index < -0.39 is 27.9 Å². The third-order valence-electron chi connectivity index (χ3n) is 4.02. The molecule has 0 spiro atoms. The Balaban J connectivity index is 1.88. The highest BCUT2D eigenvalue weighted by atomic mass is 32.3. The summed E-state index contributed by atoms with van der Waals surface area (Å²) in [6.07, 6.45) is -0.0147. The molecular weight excluding hydrogens is 337 g/mol. The highest BCUT2D eigenvalue weighted by Crippen LogP contribution is 2.29. The van der Waals surface area contributed by atoms with E-state index in [9.17, 15) is 21.9 Å². The minimum atomic E-state index is -4.62. The van der Waals surface area contributed by atoms with Crippen molar-refractivity contribution in [2.75, 3.05) is 17.2 Å². The van der Waals surface area contributed by atoms with E-state index in [1.807, 2.05) is 0 Å². The van der Waals surface area contributed by atoms with Gasteiger partial charge in [0.2, 0.25) is 5.91 Å². The summed E-state index contributed by atoms with van der Waals surface area (Å²) >= 11 is 0. The van der Waals surface area contributed by atoms with E-state index >= 15 is 0 Å². The molecular formula is C16H14FNO5S. The first-order valence-electron chi connectivity index (χ1n) is 7.23. The summed E-state index contributed by atoms with van der Waals surface area (Å²) in [5.74, 6) is -2.51. The lowest BCUT2D eigenvalue weighted by atomic mass is 10.1. The van der Waals surface area contributed by atoms with Crippen LogP contribution in [0.4, 0.5) is 9.57 Å². The Morgan fingerprint density at radius 2 is 1.88 bits per heavy atom. The molecule has 1 aliphatic heterocycles. The molecule has 126 valence electrons. The van der Waals surface area contributed by atoms with Gasteiger partial charge in [0.15, 0.2) is 0 Å². The van der Waals surface area contributed by atoms with Gasteiger partial charge in [-0.1, -0.05) is 12.1 Å². The lowest BCUT2D eigenvalue weighted by Gasteiger charge is -2.17. The van der Waals surface area contributed by atoms with Crippen molar-refractivity contribution in [2.24, 2.45) is 5.92 Å². The topological polar surface area (TPSA) is 91.8 Å². The van der Waals surface area contributed by atoms with Crippen LogP contribution in [-0.2, 0) is 15.0 Å². The van der Waals surface area contributed by atoms with Crippen LogP contribution >= 0.6 is 0 Å². The molecule has 1 aliphatic rings. The molecule has 24 heavy (non-hydrogen) atoms. The van der Waals surface area contributed by atoms with Crippen LogP contribution in [0.15, 0.2) is 36.4 Å². The number of carboxylic acids is 1. The van der Waals surface area contributed by atoms with Gasteiger partial charge in [-0.2, -0.15) is 8.42 Å². The molecule has 1 saturated heterocycles. The highest BCUT2D eigenvalue weighted by Gasteiger charge is 2.33. The number of anilines is 1. The number of amides is 1. The number of carboxylic acid groups (broad SMARTS) is 1. The molecule has 0 bridgehead atoms. The minimum absolute atomic E-state index is 0.0147. The summed E-state index contributed by atoms with van der Waals surface area (Å²) < 4.78 is 34.3. The zero-order valence-electron chi connectivity index (χ0n) is 12.5. The molecule has 2 aromatic carbocycles. The van der Waals surface area contributed by atoms with Gasteiger partial charge >= 0.3 is 16.2 Å². The van der Waals surface area contributed by atoms with Gasteiger partial charge in [0.1, 0.15) is 0 Å². The van der Waals surface area contributed by atoms with Crippen LogP contribution < -0.4 is 4.90 Å². The lowest BCUT2D eigenvalue weighted by Crippen LogP contribution is -2.25. The van der Waals surface area contributed by atoms with Crippen molar-refractivity contribution < 1.29 is 27.0 Å². The number of carbonyl (C=O) groups excluding carboxylic acids is 1. The predicted molar refractivity (Wildman–Crippen MR) is 86.3 cm³/mol. The van der Waals surface area contributed by atoms with Gasteiger partial charge in [0, 0.05) is 24.6 Å². The SMILES string of the molecule is O=C(O)c1ccc2cc(N3CC(CS(=O)(=O)F)CC3=O)ccc2c1. The number of hydrogen-bond donors (Lipinski definition) is 1. The van der Waals surface area contributed by atoms with Crippen molar-refractivity contribution in [3.8, 4) is 0 Å². The average Bonchev–Trinajstić information content (AvgIpc) is 2.84. The van der Waals surface area contributed by atoms with Gasteiger partial charge in [0.25, 0.3) is 0 Å². The summed E-state index contributed by atoms with van der Waals surface area (Å²) in [4.78, 5) is 24.5. The zero-order valence-corrected chi connectivity index (χ0v) is 13.3. The second-order valence-corrected chi connectivity index (χ2v) is 7.24. The normalized spacial score (nSPS) is 18.3. The van der Waals surface area contributed by atoms with E-state index in [2.05, 4.69) is 0 Å². The first-order valence-corrected chi connectivity index (χ1v) is 8.78. The Morgan fingerprint density at radius 1 is 1.21 bits per heavy atom. The van der Waals surface area contributed by atoms with Crippen LogP contribution in [0.2, 0.25) is 0 Å². The van der Waals surface area contributed by atoms with Gasteiger partial charge in [-0.25, -0.2) is 4.79 Å². The molecule has 1 atom stereocenters. The molecule has 6 nitrogen and oxygen atoms in total. The Morgan fingerprint density at radius 3 is 2.54 bits per heavy atom. The van der Waals surface area contributed by atoms with E-state index in [1.54, 1.807) is 24.3 Å². The summed E-state index contributed by atoms with van der Waals surface area (Å²) in [6, 6.07) is 9.74. The van der Waals surface area contributed by atoms with E-state index in [1.165, 1.54) is 17.0 Å². The van der Waals surface area contributed by atoms with E-state index in [0.717, 1.165) is 5.39 Å². The Hall–Kier alpha value is -2.48. The number of halogens is 1. The quantitative estimate of drug-likeness (QED) is 0.853. The largest absolute Gasteiger partial charge is 0.478 e. The Labute approximate surface area is 137 Å². The standard InChI is InChI=1S/C16H14FNO5S/c17-24(22,23)9-10-5-15(19)18(8-10)14-4-3-11-6-13(16(20)21)2-1-12(11)7-14/h1-4,6-7,10H,5,8-9H2,(H,20,21). The minimum Gasteiger partial charge on any atom is -0.478 e. The van der Waals surface area contributed by atoms with E-state index in [4.69, 9.17) is 5.11 Å². The Bertz CT molecular complexity index is 941. The van der Waals surface area contributed by atoms with E-state index in [0.29, 0.717) is 11.1 Å². The summed E-state index contributed by atoms with van der Waals surface area (Å²) in [7, 11) is -4.62. The van der Waals surface area contributed by atoms with Crippen LogP contribution in [0, 0.1) is 5.92 Å². The first kappa shape index (κ1) is 16.4. The average molecular weight is 351 g/mol.